The third-order valence-corrected chi connectivity index (χ3v) is 6.49. The second-order valence-corrected chi connectivity index (χ2v) is 8.93. The predicted molar refractivity (Wildman–Crippen MR) is 130 cm³/mol. The molecule has 5 heterocycles. The summed E-state index contributed by atoms with van der Waals surface area (Å²) in [4.78, 5) is 24.2. The van der Waals surface area contributed by atoms with E-state index in [1.807, 2.05) is 42.1 Å². The van der Waals surface area contributed by atoms with Gasteiger partial charge in [0.25, 0.3) is 0 Å². The van der Waals surface area contributed by atoms with Crippen molar-refractivity contribution in [2.24, 2.45) is 0 Å². The van der Waals surface area contributed by atoms with Crippen molar-refractivity contribution in [1.29, 1.82) is 0 Å². The van der Waals surface area contributed by atoms with Gasteiger partial charge in [0.2, 0.25) is 5.91 Å². The molecule has 2 aliphatic rings. The number of nitrogens with zero attached hydrogens (tertiary/aromatic N) is 4. The van der Waals surface area contributed by atoms with Crippen LogP contribution in [0.5, 0.6) is 17.2 Å². The molecule has 0 saturated heterocycles. The number of carbonyl (C=O) groups excluding carboxylic acids is 1. The number of ether oxygens (including phenoxy) is 2. The molecule has 3 aromatic heterocycles. The summed E-state index contributed by atoms with van der Waals surface area (Å²) in [6.07, 6.45) is 5.42. The minimum atomic E-state index is -0.0190. The van der Waals surface area contributed by atoms with Gasteiger partial charge in [-0.25, -0.2) is 9.97 Å². The highest BCUT2D eigenvalue weighted by Crippen LogP contribution is 2.37. The first-order chi connectivity index (χ1) is 17.1. The first kappa shape index (κ1) is 21.4. The molecule has 9 heteroatoms. The smallest absolute Gasteiger partial charge is 0.225 e. The zero-order valence-electron chi connectivity index (χ0n) is 19.7. The lowest BCUT2D eigenvalue weighted by Crippen LogP contribution is -2.20. The van der Waals surface area contributed by atoms with Crippen molar-refractivity contribution in [1.82, 2.24) is 24.7 Å². The highest BCUT2D eigenvalue weighted by atomic mass is 16.5. The standard InChI is InChI=1S/C26H26N6O3/c1-3-32-21(10-15(2)31-32)20-13-28-25(29-20)17-11-16-12-18(4-6-22(16)34-14-17)35-23-8-9-27-26-19(23)5-7-24(33)30-26/h4,6,8-10,12-13,17H,3,5,7,11,14H2,1-2H3,(H,28,29)(H,27,30,33). The topological polar surface area (TPSA) is 107 Å². The molecule has 1 unspecified atom stereocenters. The van der Waals surface area contributed by atoms with E-state index in [1.165, 1.54) is 0 Å². The van der Waals surface area contributed by atoms with Gasteiger partial charge in [-0.05, 0) is 62.6 Å². The molecule has 0 bridgehead atoms. The van der Waals surface area contributed by atoms with Crippen LogP contribution in [-0.4, -0.2) is 37.2 Å². The third kappa shape index (κ3) is 4.03. The quantitative estimate of drug-likeness (QED) is 0.448. The monoisotopic (exact) mass is 470 g/mol. The van der Waals surface area contributed by atoms with Gasteiger partial charge in [0.05, 0.1) is 23.9 Å². The number of pyridine rings is 1. The molecule has 0 radical (unpaired) electrons. The second kappa shape index (κ2) is 8.57. The lowest BCUT2D eigenvalue weighted by molar-refractivity contribution is -0.116. The fourth-order valence-electron chi connectivity index (χ4n) is 4.76. The van der Waals surface area contributed by atoms with Crippen molar-refractivity contribution < 1.29 is 14.3 Å². The summed E-state index contributed by atoms with van der Waals surface area (Å²) in [6.45, 7) is 5.42. The van der Waals surface area contributed by atoms with Crippen molar-refractivity contribution in [3.05, 3.63) is 65.4 Å². The number of amides is 1. The van der Waals surface area contributed by atoms with Gasteiger partial charge in [-0.15, -0.1) is 0 Å². The molecule has 0 fully saturated rings. The number of hydrogen-bond donors (Lipinski definition) is 2. The summed E-state index contributed by atoms with van der Waals surface area (Å²) in [5.41, 5.74) is 4.87. The number of H-pyrrole nitrogens is 1. The van der Waals surface area contributed by atoms with E-state index in [2.05, 4.69) is 33.4 Å². The van der Waals surface area contributed by atoms with E-state index in [9.17, 15) is 4.79 Å². The van der Waals surface area contributed by atoms with Crippen LogP contribution in [0.1, 0.15) is 41.9 Å². The minimum Gasteiger partial charge on any atom is -0.493 e. The van der Waals surface area contributed by atoms with Crippen molar-refractivity contribution >= 4 is 11.7 Å². The number of aromatic nitrogens is 5. The van der Waals surface area contributed by atoms with Crippen LogP contribution in [0.2, 0.25) is 0 Å². The lowest BCUT2D eigenvalue weighted by atomic mass is 9.96. The van der Waals surface area contributed by atoms with Crippen molar-refractivity contribution in [2.75, 3.05) is 11.9 Å². The van der Waals surface area contributed by atoms with Crippen LogP contribution in [-0.2, 0) is 24.2 Å². The Bertz CT molecular complexity index is 1420. The Labute approximate surface area is 202 Å². The summed E-state index contributed by atoms with van der Waals surface area (Å²) in [5.74, 6) is 3.86. The number of nitrogens with one attached hydrogen (secondary N) is 2. The molecule has 178 valence electrons. The van der Waals surface area contributed by atoms with Gasteiger partial charge in [-0.1, -0.05) is 0 Å². The Morgan fingerprint density at radius 1 is 1.23 bits per heavy atom. The Morgan fingerprint density at radius 3 is 3.03 bits per heavy atom. The van der Waals surface area contributed by atoms with E-state index < -0.39 is 0 Å². The Hall–Kier alpha value is -4.14. The van der Waals surface area contributed by atoms with Crippen molar-refractivity contribution in [3.8, 4) is 28.6 Å². The Balaban J connectivity index is 1.22. The van der Waals surface area contributed by atoms with Gasteiger partial charge >= 0.3 is 0 Å². The Kier molecular flexibility index (Phi) is 5.24. The first-order valence-electron chi connectivity index (χ1n) is 11.9. The van der Waals surface area contributed by atoms with Crippen molar-refractivity contribution in [2.45, 2.75) is 45.6 Å². The number of aryl methyl sites for hydroxylation is 2. The normalized spacial score (nSPS) is 16.7. The zero-order chi connectivity index (χ0) is 23.9. The van der Waals surface area contributed by atoms with Crippen LogP contribution in [0.3, 0.4) is 0 Å². The first-order valence-corrected chi connectivity index (χ1v) is 11.9. The van der Waals surface area contributed by atoms with Gasteiger partial charge in [-0.2, -0.15) is 5.10 Å². The summed E-state index contributed by atoms with van der Waals surface area (Å²) in [5, 5.41) is 7.35. The molecule has 0 spiro atoms. The summed E-state index contributed by atoms with van der Waals surface area (Å²) in [6, 6.07) is 9.78. The van der Waals surface area contributed by atoms with Crippen LogP contribution < -0.4 is 14.8 Å². The highest BCUT2D eigenvalue weighted by molar-refractivity contribution is 5.93. The molecule has 35 heavy (non-hydrogen) atoms. The highest BCUT2D eigenvalue weighted by Gasteiger charge is 2.26. The number of fused-ring (bicyclic) bond motifs is 2. The van der Waals surface area contributed by atoms with Crippen LogP contribution >= 0.6 is 0 Å². The summed E-state index contributed by atoms with van der Waals surface area (Å²) < 4.78 is 14.3. The van der Waals surface area contributed by atoms with E-state index in [1.54, 1.807) is 6.20 Å². The Morgan fingerprint density at radius 2 is 2.14 bits per heavy atom. The number of anilines is 1. The van der Waals surface area contributed by atoms with E-state index in [0.717, 1.165) is 58.5 Å². The molecule has 1 atom stereocenters. The molecule has 1 aromatic carbocycles. The largest absolute Gasteiger partial charge is 0.493 e. The van der Waals surface area contributed by atoms with Gasteiger partial charge in [0.15, 0.2) is 0 Å². The number of rotatable bonds is 5. The molecule has 6 rings (SSSR count). The maximum atomic E-state index is 11.7. The lowest BCUT2D eigenvalue weighted by Gasteiger charge is -2.25. The number of carbonyl (C=O) groups is 1. The van der Waals surface area contributed by atoms with Gasteiger partial charge in [0.1, 0.15) is 34.6 Å². The average Bonchev–Trinajstić information content (AvgIpc) is 3.50. The third-order valence-electron chi connectivity index (χ3n) is 6.49. The van der Waals surface area contributed by atoms with E-state index in [0.29, 0.717) is 31.0 Å². The molecule has 2 N–H and O–H groups in total. The minimum absolute atomic E-state index is 0.0190. The van der Waals surface area contributed by atoms with Gasteiger partial charge < -0.3 is 19.8 Å². The van der Waals surface area contributed by atoms with E-state index in [4.69, 9.17) is 14.5 Å². The van der Waals surface area contributed by atoms with Crippen LogP contribution in [0.25, 0.3) is 11.4 Å². The zero-order valence-corrected chi connectivity index (χ0v) is 19.7. The summed E-state index contributed by atoms with van der Waals surface area (Å²) >= 11 is 0. The molecule has 0 aliphatic carbocycles. The molecule has 4 aromatic rings. The molecule has 9 nitrogen and oxygen atoms in total. The van der Waals surface area contributed by atoms with Crippen LogP contribution in [0, 0.1) is 6.92 Å². The van der Waals surface area contributed by atoms with Crippen LogP contribution in [0.4, 0.5) is 5.82 Å². The van der Waals surface area contributed by atoms with Crippen LogP contribution in [0.15, 0.2) is 42.7 Å². The predicted octanol–water partition coefficient (Wildman–Crippen LogP) is 4.39. The number of benzene rings is 1. The molecule has 2 aliphatic heterocycles. The van der Waals surface area contributed by atoms with E-state index in [-0.39, 0.29) is 11.8 Å². The number of hydrogen-bond acceptors (Lipinski definition) is 6. The van der Waals surface area contributed by atoms with Gasteiger partial charge in [-0.3, -0.25) is 9.48 Å². The maximum absolute atomic E-state index is 11.7. The molecule has 0 saturated carbocycles. The number of imidazole rings is 1. The molecule has 1 amide bonds. The average molecular weight is 471 g/mol. The molecular formula is C26H26N6O3. The van der Waals surface area contributed by atoms with Crippen molar-refractivity contribution in [3.63, 3.8) is 0 Å². The second-order valence-electron chi connectivity index (χ2n) is 8.93. The summed E-state index contributed by atoms with van der Waals surface area (Å²) in [7, 11) is 0. The van der Waals surface area contributed by atoms with E-state index >= 15 is 0 Å². The fraction of sp³-hybridized carbons (Fsp3) is 0.308. The van der Waals surface area contributed by atoms with Gasteiger partial charge in [0, 0.05) is 30.9 Å². The fourth-order valence-corrected chi connectivity index (χ4v) is 4.76. The SMILES string of the molecule is CCn1nc(C)cc1-c1c[nH]c(C2COc3ccc(Oc4ccnc5c4CCC(=O)N5)cc3C2)n1. The molecular weight excluding hydrogens is 444 g/mol. The maximum Gasteiger partial charge on any atom is 0.225 e. The number of aromatic amines is 1.